The lowest BCUT2D eigenvalue weighted by Crippen LogP contribution is -2.55. The summed E-state index contributed by atoms with van der Waals surface area (Å²) in [5.74, 6) is -0.442. The molecule has 1 aromatic heterocycles. The highest BCUT2D eigenvalue weighted by molar-refractivity contribution is 6.02. The van der Waals surface area contributed by atoms with Crippen molar-refractivity contribution in [1.82, 2.24) is 14.4 Å². The molecule has 1 saturated heterocycles. The Kier molecular flexibility index (Phi) is 9.64. The van der Waals surface area contributed by atoms with Gasteiger partial charge in [-0.1, -0.05) is 91.0 Å². The minimum absolute atomic E-state index is 0.0589. The van der Waals surface area contributed by atoms with E-state index in [1.807, 2.05) is 77.1 Å². The van der Waals surface area contributed by atoms with Crippen molar-refractivity contribution in [3.63, 3.8) is 0 Å². The number of piperazine rings is 1. The number of methoxy groups -OCH3 is 2. The normalized spacial score (nSPS) is 14.9. The van der Waals surface area contributed by atoms with Gasteiger partial charge in [0.2, 0.25) is 0 Å². The molecule has 1 N–H and O–H groups in total. The molecule has 0 aliphatic carbocycles. The molecule has 0 radical (unpaired) electrons. The number of benzene rings is 4. The molecule has 1 aliphatic rings. The van der Waals surface area contributed by atoms with Crippen molar-refractivity contribution in [2.24, 2.45) is 0 Å². The summed E-state index contributed by atoms with van der Waals surface area (Å²) in [6.07, 6.45) is 0.725. The summed E-state index contributed by atoms with van der Waals surface area (Å²) in [5.41, 5.74) is 6.38. The highest BCUT2D eigenvalue weighted by Crippen LogP contribution is 2.43. The van der Waals surface area contributed by atoms with Gasteiger partial charge in [-0.15, -0.1) is 0 Å². The second kappa shape index (κ2) is 14.2. The van der Waals surface area contributed by atoms with Crippen molar-refractivity contribution >= 4 is 11.9 Å². The fraction of sp³-hybridized carbons (Fsp3) is 0.250. The van der Waals surface area contributed by atoms with Gasteiger partial charge in [-0.2, -0.15) is 0 Å². The number of hydrogen-bond acceptors (Lipinski definition) is 5. The number of aryl methyl sites for hydroxylation is 1. The summed E-state index contributed by atoms with van der Waals surface area (Å²) in [4.78, 5) is 31.8. The summed E-state index contributed by atoms with van der Waals surface area (Å²) in [5, 5.41) is 10.1. The third-order valence-corrected chi connectivity index (χ3v) is 9.20. The Morgan fingerprint density at radius 1 is 0.792 bits per heavy atom. The number of hydrogen-bond donors (Lipinski definition) is 1. The van der Waals surface area contributed by atoms with Crippen LogP contribution in [0.4, 0.5) is 0 Å². The number of ether oxygens (including phenoxy) is 2. The predicted octanol–water partition coefficient (Wildman–Crippen LogP) is 7.05. The van der Waals surface area contributed by atoms with Crippen molar-refractivity contribution in [1.29, 1.82) is 0 Å². The quantitative estimate of drug-likeness (QED) is 0.176. The largest absolute Gasteiger partial charge is 0.493 e. The van der Waals surface area contributed by atoms with Gasteiger partial charge < -0.3 is 24.0 Å². The zero-order chi connectivity index (χ0) is 33.8. The number of carbonyl (C=O) groups is 2. The summed E-state index contributed by atoms with van der Waals surface area (Å²) < 4.78 is 13.4. The van der Waals surface area contributed by atoms with Gasteiger partial charge in [0, 0.05) is 37.9 Å². The molecule has 1 atom stereocenters. The van der Waals surface area contributed by atoms with E-state index in [1.54, 1.807) is 6.92 Å². The van der Waals surface area contributed by atoms with E-state index in [0.29, 0.717) is 40.6 Å². The van der Waals surface area contributed by atoms with E-state index in [0.717, 1.165) is 37.3 Å². The first-order chi connectivity index (χ1) is 23.3. The summed E-state index contributed by atoms with van der Waals surface area (Å²) >= 11 is 0. The molecule has 4 aromatic carbocycles. The third kappa shape index (κ3) is 6.44. The molecular formula is C40H41N3O5. The van der Waals surface area contributed by atoms with Gasteiger partial charge in [0.05, 0.1) is 36.7 Å². The molecule has 1 fully saturated rings. The van der Waals surface area contributed by atoms with Crippen LogP contribution in [-0.2, 0) is 13.0 Å². The number of carboxylic acids is 1. The molecule has 8 heteroatoms. The number of carboxylic acid groups (broad SMARTS) is 1. The third-order valence-electron chi connectivity index (χ3n) is 9.20. The van der Waals surface area contributed by atoms with E-state index < -0.39 is 5.97 Å². The van der Waals surface area contributed by atoms with Crippen LogP contribution >= 0.6 is 0 Å². The number of rotatable bonds is 10. The highest BCUT2D eigenvalue weighted by Gasteiger charge is 2.35. The first kappa shape index (κ1) is 32.6. The summed E-state index contributed by atoms with van der Waals surface area (Å²) in [6, 6.07) is 33.9. The van der Waals surface area contributed by atoms with Crippen LogP contribution in [-0.4, -0.2) is 71.2 Å². The number of aromatic carboxylic acids is 1. The van der Waals surface area contributed by atoms with Gasteiger partial charge in [0.25, 0.3) is 5.91 Å². The minimum Gasteiger partial charge on any atom is -0.493 e. The number of amides is 1. The van der Waals surface area contributed by atoms with Crippen molar-refractivity contribution < 1.29 is 24.2 Å². The molecular weight excluding hydrogens is 602 g/mol. The van der Waals surface area contributed by atoms with Crippen molar-refractivity contribution in [2.45, 2.75) is 32.9 Å². The monoisotopic (exact) mass is 643 g/mol. The fourth-order valence-corrected chi connectivity index (χ4v) is 6.92. The molecule has 0 unspecified atom stereocenters. The van der Waals surface area contributed by atoms with E-state index in [4.69, 9.17) is 9.47 Å². The molecule has 5 aromatic rings. The highest BCUT2D eigenvalue weighted by atomic mass is 16.5. The van der Waals surface area contributed by atoms with Crippen LogP contribution < -0.4 is 9.47 Å². The molecule has 48 heavy (non-hydrogen) atoms. The van der Waals surface area contributed by atoms with E-state index >= 15 is 0 Å². The first-order valence-electron chi connectivity index (χ1n) is 16.2. The van der Waals surface area contributed by atoms with Crippen LogP contribution in [0, 0.1) is 13.8 Å². The maximum Gasteiger partial charge on any atom is 0.336 e. The molecule has 246 valence electrons. The van der Waals surface area contributed by atoms with Crippen molar-refractivity contribution in [2.75, 3.05) is 33.9 Å². The Morgan fingerprint density at radius 2 is 1.42 bits per heavy atom. The summed E-state index contributed by atoms with van der Waals surface area (Å²) in [6.45, 7) is 6.57. The molecule has 1 aliphatic heterocycles. The van der Waals surface area contributed by atoms with E-state index in [-0.39, 0.29) is 17.5 Å². The maximum absolute atomic E-state index is 14.9. The van der Waals surface area contributed by atoms with Gasteiger partial charge in [-0.25, -0.2) is 4.79 Å². The molecule has 0 saturated carbocycles. The smallest absolute Gasteiger partial charge is 0.336 e. The predicted molar refractivity (Wildman–Crippen MR) is 187 cm³/mol. The van der Waals surface area contributed by atoms with Crippen LogP contribution in [0.1, 0.15) is 43.1 Å². The Balaban J connectivity index is 1.48. The lowest BCUT2D eigenvalue weighted by atomic mass is 9.99. The van der Waals surface area contributed by atoms with Crippen molar-refractivity contribution in [3.05, 3.63) is 137 Å². The molecule has 6 rings (SSSR count). The lowest BCUT2D eigenvalue weighted by molar-refractivity contribution is 0.0439. The zero-order valence-corrected chi connectivity index (χ0v) is 27.8. The lowest BCUT2D eigenvalue weighted by Gasteiger charge is -2.42. The van der Waals surface area contributed by atoms with Gasteiger partial charge >= 0.3 is 5.97 Å². The van der Waals surface area contributed by atoms with Gasteiger partial charge in [-0.3, -0.25) is 9.69 Å². The van der Waals surface area contributed by atoms with Crippen LogP contribution in [0.3, 0.4) is 0 Å². The van der Waals surface area contributed by atoms with E-state index in [1.165, 1.54) is 31.4 Å². The average molecular weight is 644 g/mol. The van der Waals surface area contributed by atoms with Crippen LogP contribution in [0.5, 0.6) is 11.5 Å². The Bertz CT molecular complexity index is 1900. The Labute approximate surface area is 281 Å². The van der Waals surface area contributed by atoms with E-state index in [9.17, 15) is 14.7 Å². The number of carbonyl (C=O) groups excluding carboxylic acids is 1. The minimum atomic E-state index is -1.07. The van der Waals surface area contributed by atoms with Crippen molar-refractivity contribution in [3.8, 4) is 28.4 Å². The topological polar surface area (TPSA) is 84.2 Å². The SMILES string of the molecule is COc1cc(C(=O)O)c(C)c(-n2c(C)cc(C(=O)N3CCN(Cc4ccccc4)C[C@H]3Cc3ccccc3)c2-c2ccccc2)c1OC. The zero-order valence-electron chi connectivity index (χ0n) is 27.8. The molecule has 2 heterocycles. The maximum atomic E-state index is 14.9. The first-order valence-corrected chi connectivity index (χ1v) is 16.2. The van der Waals surface area contributed by atoms with Gasteiger partial charge in [0.1, 0.15) is 0 Å². The van der Waals surface area contributed by atoms with Crippen LogP contribution in [0.25, 0.3) is 16.9 Å². The van der Waals surface area contributed by atoms with Crippen LogP contribution in [0.2, 0.25) is 0 Å². The standard InChI is InChI=1S/C40H41N3O5/c1-27-22-34(37(31-18-12-7-13-19-31)43(27)36-28(2)33(40(45)46)24-35(47-3)38(36)48-4)39(44)42-21-20-41(25-30-16-10-6-11-17-30)26-32(42)23-29-14-8-5-9-15-29/h5-19,22,24,32H,20-21,23,25-26H2,1-4H3,(H,45,46)/t32-/m1/s1. The molecule has 8 nitrogen and oxygen atoms in total. The summed E-state index contributed by atoms with van der Waals surface area (Å²) in [7, 11) is 3.03. The second-order valence-corrected chi connectivity index (χ2v) is 12.3. The van der Waals surface area contributed by atoms with E-state index in [2.05, 4.69) is 41.3 Å². The molecule has 1 amide bonds. The number of aromatic nitrogens is 1. The second-order valence-electron chi connectivity index (χ2n) is 12.3. The van der Waals surface area contributed by atoms with Gasteiger partial charge in [-0.05, 0) is 54.7 Å². The average Bonchev–Trinajstić information content (AvgIpc) is 3.45. The van der Waals surface area contributed by atoms with Gasteiger partial charge in [0.15, 0.2) is 11.5 Å². The Hall–Kier alpha value is -5.34. The van der Waals surface area contributed by atoms with Crippen LogP contribution in [0.15, 0.2) is 103 Å². The number of nitrogens with zero attached hydrogens (tertiary/aromatic N) is 3. The Morgan fingerprint density at radius 3 is 2.02 bits per heavy atom. The molecule has 0 spiro atoms. The molecule has 0 bridgehead atoms. The fourth-order valence-electron chi connectivity index (χ4n) is 6.92.